The van der Waals surface area contributed by atoms with Gasteiger partial charge in [-0.3, -0.25) is 9.59 Å². The van der Waals surface area contributed by atoms with Crippen LogP contribution in [0.2, 0.25) is 0 Å². The molecular formula is C11H15NO3S. The minimum Gasteiger partial charge on any atom is -0.481 e. The van der Waals surface area contributed by atoms with Gasteiger partial charge >= 0.3 is 5.97 Å². The summed E-state index contributed by atoms with van der Waals surface area (Å²) >= 11 is 1.43. The fraction of sp³-hybridized carbons (Fsp3) is 0.455. The molecule has 16 heavy (non-hydrogen) atoms. The third kappa shape index (κ3) is 3.06. The van der Waals surface area contributed by atoms with E-state index in [4.69, 9.17) is 5.11 Å². The second-order valence-electron chi connectivity index (χ2n) is 4.35. The van der Waals surface area contributed by atoms with Crippen LogP contribution in [0.5, 0.6) is 0 Å². The topological polar surface area (TPSA) is 66.4 Å². The van der Waals surface area contributed by atoms with Crippen LogP contribution in [0.1, 0.15) is 25.8 Å². The zero-order valence-corrected chi connectivity index (χ0v) is 10.4. The van der Waals surface area contributed by atoms with E-state index < -0.39 is 11.4 Å². The highest BCUT2D eigenvalue weighted by Crippen LogP contribution is 2.25. The summed E-state index contributed by atoms with van der Waals surface area (Å²) in [5.74, 6) is -1.23. The summed E-state index contributed by atoms with van der Waals surface area (Å²) < 4.78 is 0. The second-order valence-corrected chi connectivity index (χ2v) is 5.26. The smallest absolute Gasteiger partial charge is 0.309 e. The van der Waals surface area contributed by atoms with E-state index in [1.807, 2.05) is 18.4 Å². The molecule has 1 aromatic heterocycles. The van der Waals surface area contributed by atoms with Crippen LogP contribution in [0, 0.1) is 12.3 Å². The van der Waals surface area contributed by atoms with E-state index >= 15 is 0 Å². The minimum absolute atomic E-state index is 0.0281. The van der Waals surface area contributed by atoms with Gasteiger partial charge in [-0.05, 0) is 37.8 Å². The lowest BCUT2D eigenvalue weighted by molar-refractivity contribution is -0.148. The van der Waals surface area contributed by atoms with Crippen molar-refractivity contribution in [2.45, 2.75) is 27.2 Å². The molecule has 1 amide bonds. The number of aryl methyl sites for hydroxylation is 1. The Balaban J connectivity index is 2.62. The van der Waals surface area contributed by atoms with E-state index in [0.717, 1.165) is 10.6 Å². The molecule has 0 aliphatic carbocycles. The number of carbonyl (C=O) groups is 2. The number of carbonyl (C=O) groups excluding carboxylic acids is 1. The van der Waals surface area contributed by atoms with Gasteiger partial charge in [-0.15, -0.1) is 11.3 Å². The van der Waals surface area contributed by atoms with E-state index in [-0.39, 0.29) is 12.3 Å². The molecule has 0 saturated heterocycles. The van der Waals surface area contributed by atoms with Gasteiger partial charge in [0.25, 0.3) is 0 Å². The molecule has 1 aromatic rings. The summed E-state index contributed by atoms with van der Waals surface area (Å²) in [5, 5.41) is 14.3. The van der Waals surface area contributed by atoms with Crippen LogP contribution in [-0.4, -0.2) is 17.0 Å². The fourth-order valence-electron chi connectivity index (χ4n) is 1.15. The van der Waals surface area contributed by atoms with Crippen molar-refractivity contribution < 1.29 is 14.7 Å². The first-order valence-electron chi connectivity index (χ1n) is 4.90. The number of amides is 1. The average molecular weight is 241 g/mol. The number of rotatable bonds is 4. The van der Waals surface area contributed by atoms with Gasteiger partial charge in [0, 0.05) is 6.42 Å². The fourth-order valence-corrected chi connectivity index (χ4v) is 1.98. The molecule has 0 fully saturated rings. The minimum atomic E-state index is -1.03. The molecule has 0 atom stereocenters. The second kappa shape index (κ2) is 4.65. The molecule has 5 heteroatoms. The molecule has 4 nitrogen and oxygen atoms in total. The summed E-state index contributed by atoms with van der Waals surface area (Å²) in [5.41, 5.74) is -0.0404. The van der Waals surface area contributed by atoms with E-state index in [1.54, 1.807) is 0 Å². The highest BCUT2D eigenvalue weighted by molar-refractivity contribution is 7.14. The van der Waals surface area contributed by atoms with Crippen LogP contribution in [0.25, 0.3) is 0 Å². The largest absolute Gasteiger partial charge is 0.481 e. The molecule has 0 spiro atoms. The van der Waals surface area contributed by atoms with Gasteiger partial charge < -0.3 is 10.4 Å². The van der Waals surface area contributed by atoms with Crippen LogP contribution in [0.4, 0.5) is 5.00 Å². The Bertz CT molecular complexity index is 409. The first-order chi connectivity index (χ1) is 7.33. The number of aliphatic carboxylic acids is 1. The molecule has 0 aliphatic rings. The van der Waals surface area contributed by atoms with Crippen molar-refractivity contribution in [3.05, 3.63) is 17.0 Å². The van der Waals surface area contributed by atoms with Gasteiger partial charge in [0.15, 0.2) is 0 Å². The molecule has 1 rings (SSSR count). The Morgan fingerprint density at radius 1 is 1.50 bits per heavy atom. The summed E-state index contributed by atoms with van der Waals surface area (Å²) in [7, 11) is 0. The van der Waals surface area contributed by atoms with Gasteiger partial charge in [0.2, 0.25) is 5.91 Å². The lowest BCUT2D eigenvalue weighted by Crippen LogP contribution is -2.29. The molecule has 0 radical (unpaired) electrons. The summed E-state index contributed by atoms with van der Waals surface area (Å²) in [6, 6.07) is 1.91. The summed E-state index contributed by atoms with van der Waals surface area (Å²) in [6.07, 6.45) is -0.0281. The first-order valence-corrected chi connectivity index (χ1v) is 5.78. The molecule has 0 saturated carbocycles. The van der Waals surface area contributed by atoms with E-state index in [2.05, 4.69) is 5.32 Å². The number of carboxylic acid groups (broad SMARTS) is 1. The van der Waals surface area contributed by atoms with Crippen molar-refractivity contribution in [1.82, 2.24) is 0 Å². The van der Waals surface area contributed by atoms with Crippen molar-refractivity contribution in [1.29, 1.82) is 0 Å². The number of thiophene rings is 1. The Morgan fingerprint density at radius 2 is 2.12 bits per heavy atom. The lowest BCUT2D eigenvalue weighted by atomic mass is 9.89. The van der Waals surface area contributed by atoms with Crippen molar-refractivity contribution in [3.8, 4) is 0 Å². The van der Waals surface area contributed by atoms with Gasteiger partial charge in [-0.1, -0.05) is 0 Å². The summed E-state index contributed by atoms with van der Waals surface area (Å²) in [6.45, 7) is 4.97. The van der Waals surface area contributed by atoms with Crippen molar-refractivity contribution in [2.24, 2.45) is 5.41 Å². The lowest BCUT2D eigenvalue weighted by Gasteiger charge is -2.17. The van der Waals surface area contributed by atoms with Gasteiger partial charge in [-0.2, -0.15) is 0 Å². The molecular weight excluding hydrogens is 226 g/mol. The SMILES string of the molecule is Cc1ccsc1NC(=O)CC(C)(C)C(=O)O. The van der Waals surface area contributed by atoms with Crippen LogP contribution < -0.4 is 5.32 Å². The third-order valence-corrected chi connectivity index (χ3v) is 3.23. The predicted molar refractivity (Wildman–Crippen MR) is 63.7 cm³/mol. The Kier molecular flexibility index (Phi) is 3.70. The number of carboxylic acids is 1. The maximum atomic E-state index is 11.6. The van der Waals surface area contributed by atoms with Gasteiger partial charge in [-0.25, -0.2) is 0 Å². The molecule has 0 aliphatic heterocycles. The van der Waals surface area contributed by atoms with Gasteiger partial charge in [0.1, 0.15) is 0 Å². The quantitative estimate of drug-likeness (QED) is 0.851. The van der Waals surface area contributed by atoms with E-state index in [0.29, 0.717) is 0 Å². The average Bonchev–Trinajstić information content (AvgIpc) is 2.50. The van der Waals surface area contributed by atoms with E-state index in [1.165, 1.54) is 25.2 Å². The zero-order valence-electron chi connectivity index (χ0n) is 9.53. The van der Waals surface area contributed by atoms with Crippen LogP contribution in [0.15, 0.2) is 11.4 Å². The number of hydrogen-bond acceptors (Lipinski definition) is 3. The molecule has 2 N–H and O–H groups in total. The molecule has 88 valence electrons. The molecule has 1 heterocycles. The monoisotopic (exact) mass is 241 g/mol. The van der Waals surface area contributed by atoms with Crippen LogP contribution in [-0.2, 0) is 9.59 Å². The number of anilines is 1. The third-order valence-electron chi connectivity index (χ3n) is 2.30. The first kappa shape index (κ1) is 12.7. The Hall–Kier alpha value is -1.36. The number of nitrogens with one attached hydrogen (secondary N) is 1. The molecule has 0 unspecified atom stereocenters. The zero-order chi connectivity index (χ0) is 12.3. The van der Waals surface area contributed by atoms with Crippen molar-refractivity contribution >= 4 is 28.2 Å². The molecule has 0 aromatic carbocycles. The standard InChI is InChI=1S/C11H15NO3S/c1-7-4-5-16-9(7)12-8(13)6-11(2,3)10(14)15/h4-5H,6H2,1-3H3,(H,12,13)(H,14,15). The van der Waals surface area contributed by atoms with E-state index in [9.17, 15) is 9.59 Å². The maximum Gasteiger partial charge on any atom is 0.309 e. The van der Waals surface area contributed by atoms with Crippen molar-refractivity contribution in [3.63, 3.8) is 0 Å². The number of hydrogen-bond donors (Lipinski definition) is 2. The maximum absolute atomic E-state index is 11.6. The van der Waals surface area contributed by atoms with Crippen LogP contribution in [0.3, 0.4) is 0 Å². The van der Waals surface area contributed by atoms with Crippen LogP contribution >= 0.6 is 11.3 Å². The summed E-state index contributed by atoms with van der Waals surface area (Å²) in [4.78, 5) is 22.5. The normalized spacial score (nSPS) is 11.2. The molecule has 0 bridgehead atoms. The Morgan fingerprint density at radius 3 is 2.56 bits per heavy atom. The van der Waals surface area contributed by atoms with Crippen molar-refractivity contribution in [2.75, 3.05) is 5.32 Å². The van der Waals surface area contributed by atoms with Gasteiger partial charge in [0.05, 0.1) is 10.4 Å². The predicted octanol–water partition coefficient (Wildman–Crippen LogP) is 2.50. The Labute approximate surface area is 98.3 Å². The highest BCUT2D eigenvalue weighted by Gasteiger charge is 2.30. The highest BCUT2D eigenvalue weighted by atomic mass is 32.1.